The molecule has 24 heavy (non-hydrogen) atoms. The Balaban J connectivity index is 2.39. The van der Waals surface area contributed by atoms with E-state index in [0.29, 0.717) is 17.1 Å². The van der Waals surface area contributed by atoms with Gasteiger partial charge in [0.15, 0.2) is 11.5 Å². The van der Waals surface area contributed by atoms with E-state index in [9.17, 15) is 18.5 Å². The maximum absolute atomic E-state index is 12.4. The van der Waals surface area contributed by atoms with Crippen molar-refractivity contribution in [1.29, 1.82) is 0 Å². The van der Waals surface area contributed by atoms with Gasteiger partial charge in [-0.05, 0) is 25.1 Å². The maximum atomic E-state index is 12.4. The number of hydrogen-bond acceptors (Lipinski definition) is 6. The summed E-state index contributed by atoms with van der Waals surface area (Å²) in [5.41, 5.74) is 0.367. The van der Waals surface area contributed by atoms with Crippen LogP contribution < -0.4 is 14.2 Å². The van der Waals surface area contributed by atoms with Crippen molar-refractivity contribution in [2.24, 2.45) is 0 Å². The van der Waals surface area contributed by atoms with E-state index in [0.717, 1.165) is 6.07 Å². The molecule has 0 aliphatic rings. The van der Waals surface area contributed by atoms with Gasteiger partial charge in [0.05, 0.1) is 29.7 Å². The third-order valence-electron chi connectivity index (χ3n) is 3.32. The van der Waals surface area contributed by atoms with Crippen molar-refractivity contribution in [3.8, 4) is 11.5 Å². The molecule has 0 heterocycles. The third kappa shape index (κ3) is 3.57. The van der Waals surface area contributed by atoms with E-state index < -0.39 is 14.9 Å². The second kappa shape index (κ2) is 6.75. The van der Waals surface area contributed by atoms with Crippen LogP contribution in [0.25, 0.3) is 0 Å². The van der Waals surface area contributed by atoms with E-state index >= 15 is 0 Å². The summed E-state index contributed by atoms with van der Waals surface area (Å²) >= 11 is 0. The predicted molar refractivity (Wildman–Crippen MR) is 88.2 cm³/mol. The molecule has 0 saturated heterocycles. The number of hydrogen-bond donors (Lipinski definition) is 1. The summed E-state index contributed by atoms with van der Waals surface area (Å²) in [5.74, 6) is 0.805. The van der Waals surface area contributed by atoms with Gasteiger partial charge in [-0.25, -0.2) is 8.42 Å². The van der Waals surface area contributed by atoms with Crippen molar-refractivity contribution >= 4 is 21.4 Å². The zero-order valence-corrected chi connectivity index (χ0v) is 14.1. The molecular weight excluding hydrogens is 336 g/mol. The Morgan fingerprint density at radius 3 is 2.29 bits per heavy atom. The van der Waals surface area contributed by atoms with E-state index in [2.05, 4.69) is 4.72 Å². The lowest BCUT2D eigenvalue weighted by Gasteiger charge is -2.12. The first-order chi connectivity index (χ1) is 11.3. The summed E-state index contributed by atoms with van der Waals surface area (Å²) < 4.78 is 37.4. The summed E-state index contributed by atoms with van der Waals surface area (Å²) in [6.07, 6.45) is 0. The highest BCUT2D eigenvalue weighted by molar-refractivity contribution is 7.92. The van der Waals surface area contributed by atoms with Crippen LogP contribution in [0.5, 0.6) is 11.5 Å². The smallest absolute Gasteiger partial charge is 0.273 e. The monoisotopic (exact) mass is 352 g/mol. The summed E-state index contributed by atoms with van der Waals surface area (Å²) in [7, 11) is -1.09. The number of methoxy groups -OCH3 is 2. The number of benzene rings is 2. The lowest BCUT2D eigenvalue weighted by Crippen LogP contribution is -2.13. The molecule has 0 unspecified atom stereocenters. The summed E-state index contributed by atoms with van der Waals surface area (Å²) in [4.78, 5) is 10.2. The molecule has 8 nitrogen and oxygen atoms in total. The fourth-order valence-corrected chi connectivity index (χ4v) is 3.14. The van der Waals surface area contributed by atoms with Crippen molar-refractivity contribution in [3.63, 3.8) is 0 Å². The third-order valence-corrected chi connectivity index (χ3v) is 4.70. The number of aryl methyl sites for hydroxylation is 1. The zero-order valence-electron chi connectivity index (χ0n) is 13.3. The number of nitrogens with zero attached hydrogens (tertiary/aromatic N) is 1. The first-order valence-corrected chi connectivity index (χ1v) is 8.26. The van der Waals surface area contributed by atoms with Crippen LogP contribution >= 0.6 is 0 Å². The molecule has 0 atom stereocenters. The Hall–Kier alpha value is -2.81. The lowest BCUT2D eigenvalue weighted by molar-refractivity contribution is -0.385. The van der Waals surface area contributed by atoms with Crippen molar-refractivity contribution in [2.75, 3.05) is 18.9 Å². The van der Waals surface area contributed by atoms with Gasteiger partial charge in [0, 0.05) is 17.7 Å². The molecule has 0 aromatic heterocycles. The molecule has 0 bridgehead atoms. The van der Waals surface area contributed by atoms with Gasteiger partial charge in [0.2, 0.25) is 0 Å². The second-order valence-corrected chi connectivity index (χ2v) is 6.56. The average molecular weight is 352 g/mol. The number of sulfonamides is 1. The first-order valence-electron chi connectivity index (χ1n) is 6.78. The summed E-state index contributed by atoms with van der Waals surface area (Å²) in [6.45, 7) is 1.54. The van der Waals surface area contributed by atoms with Crippen molar-refractivity contribution in [1.82, 2.24) is 0 Å². The topological polar surface area (TPSA) is 108 Å². The Labute approximate surface area is 139 Å². The van der Waals surface area contributed by atoms with Gasteiger partial charge in [0.1, 0.15) is 0 Å². The van der Waals surface area contributed by atoms with Crippen LogP contribution in [0.3, 0.4) is 0 Å². The van der Waals surface area contributed by atoms with Crippen LogP contribution in [0, 0.1) is 17.0 Å². The molecular formula is C15H16N2O6S. The Morgan fingerprint density at radius 2 is 1.71 bits per heavy atom. The highest BCUT2D eigenvalue weighted by Gasteiger charge is 2.20. The highest BCUT2D eigenvalue weighted by atomic mass is 32.2. The molecule has 0 saturated carbocycles. The van der Waals surface area contributed by atoms with Gasteiger partial charge in [-0.2, -0.15) is 0 Å². The maximum Gasteiger partial charge on any atom is 0.273 e. The normalized spacial score (nSPS) is 11.0. The van der Waals surface area contributed by atoms with E-state index in [1.165, 1.54) is 45.4 Å². The van der Waals surface area contributed by atoms with E-state index in [1.807, 2.05) is 0 Å². The Kier molecular flexibility index (Phi) is 4.93. The number of anilines is 1. The van der Waals surface area contributed by atoms with E-state index in [-0.39, 0.29) is 16.3 Å². The van der Waals surface area contributed by atoms with Gasteiger partial charge in [0.25, 0.3) is 15.7 Å². The van der Waals surface area contributed by atoms with Gasteiger partial charge in [-0.3, -0.25) is 14.8 Å². The van der Waals surface area contributed by atoms with E-state index in [4.69, 9.17) is 9.47 Å². The largest absolute Gasteiger partial charge is 0.493 e. The van der Waals surface area contributed by atoms with Gasteiger partial charge < -0.3 is 9.47 Å². The Bertz CT molecular complexity index is 880. The number of nitro benzene ring substituents is 1. The van der Waals surface area contributed by atoms with Crippen LogP contribution in [0.15, 0.2) is 41.3 Å². The molecule has 0 fully saturated rings. The fourth-order valence-electron chi connectivity index (χ4n) is 2.07. The van der Waals surface area contributed by atoms with E-state index in [1.54, 1.807) is 6.07 Å². The number of ether oxygens (including phenoxy) is 2. The van der Waals surface area contributed by atoms with Crippen LogP contribution in [0.1, 0.15) is 5.56 Å². The number of nitro groups is 1. The number of rotatable bonds is 6. The SMILES string of the molecule is COc1ccc(NS(=O)(=O)c2ccc(C)c([N+](=O)[O-])c2)cc1OC. The molecule has 2 aromatic carbocycles. The molecule has 9 heteroatoms. The van der Waals surface area contributed by atoms with Gasteiger partial charge in [-0.1, -0.05) is 6.07 Å². The molecule has 128 valence electrons. The quantitative estimate of drug-likeness (QED) is 0.632. The minimum absolute atomic E-state index is 0.199. The molecule has 0 spiro atoms. The predicted octanol–water partition coefficient (Wildman–Crippen LogP) is 2.72. The molecule has 1 N–H and O–H groups in total. The minimum Gasteiger partial charge on any atom is -0.493 e. The van der Waals surface area contributed by atoms with Gasteiger partial charge >= 0.3 is 0 Å². The molecule has 0 radical (unpaired) electrons. The Morgan fingerprint density at radius 1 is 1.04 bits per heavy atom. The van der Waals surface area contributed by atoms with Crippen LogP contribution in [-0.4, -0.2) is 27.6 Å². The van der Waals surface area contributed by atoms with Crippen LogP contribution in [0.4, 0.5) is 11.4 Å². The van der Waals surface area contributed by atoms with Gasteiger partial charge in [-0.15, -0.1) is 0 Å². The molecule has 2 aromatic rings. The van der Waals surface area contributed by atoms with Crippen LogP contribution in [-0.2, 0) is 10.0 Å². The van der Waals surface area contributed by atoms with Crippen molar-refractivity contribution in [2.45, 2.75) is 11.8 Å². The highest BCUT2D eigenvalue weighted by Crippen LogP contribution is 2.31. The summed E-state index contributed by atoms with van der Waals surface area (Å²) in [5, 5.41) is 11.0. The molecule has 0 aliphatic heterocycles. The van der Waals surface area contributed by atoms with Crippen molar-refractivity contribution in [3.05, 3.63) is 52.1 Å². The van der Waals surface area contributed by atoms with Crippen LogP contribution in [0.2, 0.25) is 0 Å². The fraction of sp³-hybridized carbons (Fsp3) is 0.200. The average Bonchev–Trinajstić information content (AvgIpc) is 2.54. The molecule has 0 amide bonds. The minimum atomic E-state index is -3.98. The first kappa shape index (κ1) is 17.5. The molecule has 2 rings (SSSR count). The zero-order chi connectivity index (χ0) is 17.9. The number of nitrogens with one attached hydrogen (secondary N) is 1. The lowest BCUT2D eigenvalue weighted by atomic mass is 10.2. The standard InChI is InChI=1S/C15H16N2O6S/c1-10-4-6-12(9-13(10)17(18)19)24(20,21)16-11-5-7-14(22-2)15(8-11)23-3/h4-9,16H,1-3H3. The summed E-state index contributed by atoms with van der Waals surface area (Å²) in [6, 6.07) is 8.24. The van der Waals surface area contributed by atoms with Crippen molar-refractivity contribution < 1.29 is 22.8 Å². The molecule has 0 aliphatic carbocycles. The second-order valence-electron chi connectivity index (χ2n) is 4.88.